The summed E-state index contributed by atoms with van der Waals surface area (Å²) >= 11 is 5.97. The predicted octanol–water partition coefficient (Wildman–Crippen LogP) is 5.82. The summed E-state index contributed by atoms with van der Waals surface area (Å²) in [6, 6.07) is 20.1. The van der Waals surface area contributed by atoms with Gasteiger partial charge < -0.3 is 15.0 Å². The van der Waals surface area contributed by atoms with E-state index in [9.17, 15) is 14.4 Å². The number of hydrogen-bond acceptors (Lipinski definition) is 4. The Labute approximate surface area is 209 Å². The molecule has 0 saturated heterocycles. The summed E-state index contributed by atoms with van der Waals surface area (Å²) in [6.45, 7) is 2.40. The Morgan fingerprint density at radius 2 is 1.74 bits per heavy atom. The molecule has 2 amide bonds. The van der Waals surface area contributed by atoms with Crippen LogP contribution in [-0.2, 0) is 22.6 Å². The molecule has 1 N–H and O–H groups in total. The van der Waals surface area contributed by atoms with Crippen molar-refractivity contribution in [1.82, 2.24) is 0 Å². The molecule has 3 aromatic carbocycles. The lowest BCUT2D eigenvalue weighted by molar-refractivity contribution is -0.119. The third kappa shape index (κ3) is 6.49. The minimum Gasteiger partial charge on any atom is -0.494 e. The first-order valence-electron chi connectivity index (χ1n) is 11.6. The molecule has 180 valence electrons. The topological polar surface area (TPSA) is 75.7 Å². The molecule has 0 aliphatic carbocycles. The second kappa shape index (κ2) is 11.2. The standard InChI is InChI=1S/C28H27ClN2O4/c1-19(32)21-6-12-25(13-7-21)35-16-2-3-27(33)30-24-11-14-26-22(17-24)8-15-28(34)31(26)18-20-4-9-23(29)10-5-20/h4-7,9-14,17H,2-3,8,15-16,18H2,1H3,(H,30,33). The monoisotopic (exact) mass is 490 g/mol. The molecule has 3 aromatic rings. The Balaban J connectivity index is 1.29. The van der Waals surface area contributed by atoms with Crippen LogP contribution < -0.4 is 15.0 Å². The number of benzene rings is 3. The second-order valence-electron chi connectivity index (χ2n) is 8.53. The van der Waals surface area contributed by atoms with Crippen molar-refractivity contribution in [1.29, 1.82) is 0 Å². The number of halogens is 1. The number of ketones is 1. The van der Waals surface area contributed by atoms with E-state index in [2.05, 4.69) is 5.32 Å². The first-order chi connectivity index (χ1) is 16.9. The van der Waals surface area contributed by atoms with E-state index in [1.54, 1.807) is 29.2 Å². The highest BCUT2D eigenvalue weighted by Gasteiger charge is 2.24. The van der Waals surface area contributed by atoms with Crippen LogP contribution in [0.2, 0.25) is 5.02 Å². The minimum atomic E-state index is -0.0922. The Kier molecular flexibility index (Phi) is 7.83. The van der Waals surface area contributed by atoms with Crippen LogP contribution in [0.5, 0.6) is 5.75 Å². The molecule has 1 aliphatic heterocycles. The normalized spacial score (nSPS) is 12.7. The van der Waals surface area contributed by atoms with Gasteiger partial charge in [0, 0.05) is 34.8 Å². The number of hydrogen-bond donors (Lipinski definition) is 1. The summed E-state index contributed by atoms with van der Waals surface area (Å²) < 4.78 is 5.66. The van der Waals surface area contributed by atoms with Crippen molar-refractivity contribution in [3.63, 3.8) is 0 Å². The van der Waals surface area contributed by atoms with Gasteiger partial charge in [-0.15, -0.1) is 0 Å². The lowest BCUT2D eigenvalue weighted by atomic mass is 9.99. The zero-order valence-electron chi connectivity index (χ0n) is 19.6. The van der Waals surface area contributed by atoms with Gasteiger partial charge in [-0.3, -0.25) is 14.4 Å². The van der Waals surface area contributed by atoms with Crippen LogP contribution in [0, 0.1) is 0 Å². The third-order valence-corrected chi connectivity index (χ3v) is 6.15. The van der Waals surface area contributed by atoms with E-state index in [-0.39, 0.29) is 17.6 Å². The van der Waals surface area contributed by atoms with Gasteiger partial charge in [-0.05, 0) is 85.5 Å². The summed E-state index contributed by atoms with van der Waals surface area (Å²) in [4.78, 5) is 38.1. The lowest BCUT2D eigenvalue weighted by Crippen LogP contribution is -2.34. The fourth-order valence-corrected chi connectivity index (χ4v) is 4.14. The van der Waals surface area contributed by atoms with E-state index in [1.807, 2.05) is 42.5 Å². The number of fused-ring (bicyclic) bond motifs is 1. The van der Waals surface area contributed by atoms with Gasteiger partial charge in [-0.25, -0.2) is 0 Å². The van der Waals surface area contributed by atoms with Gasteiger partial charge in [0.2, 0.25) is 11.8 Å². The SMILES string of the molecule is CC(=O)c1ccc(OCCCC(=O)Nc2ccc3c(c2)CCC(=O)N3Cc2ccc(Cl)cc2)cc1. The molecule has 0 radical (unpaired) electrons. The summed E-state index contributed by atoms with van der Waals surface area (Å²) in [5.74, 6) is 0.671. The highest BCUT2D eigenvalue weighted by atomic mass is 35.5. The summed E-state index contributed by atoms with van der Waals surface area (Å²) in [7, 11) is 0. The number of anilines is 2. The zero-order valence-corrected chi connectivity index (χ0v) is 20.3. The Morgan fingerprint density at radius 3 is 2.46 bits per heavy atom. The molecular formula is C28H27ClN2O4. The molecule has 0 bridgehead atoms. The van der Waals surface area contributed by atoms with Crippen molar-refractivity contribution in [2.45, 2.75) is 39.2 Å². The molecule has 0 spiro atoms. The van der Waals surface area contributed by atoms with Crippen LogP contribution >= 0.6 is 11.6 Å². The molecule has 0 unspecified atom stereocenters. The molecule has 35 heavy (non-hydrogen) atoms. The maximum Gasteiger partial charge on any atom is 0.227 e. The first-order valence-corrected chi connectivity index (χ1v) is 12.0. The number of carbonyl (C=O) groups excluding carboxylic acids is 3. The number of amides is 2. The van der Waals surface area contributed by atoms with Gasteiger partial charge in [0.25, 0.3) is 0 Å². The largest absolute Gasteiger partial charge is 0.494 e. The van der Waals surface area contributed by atoms with Crippen molar-refractivity contribution in [2.24, 2.45) is 0 Å². The van der Waals surface area contributed by atoms with Crippen LogP contribution in [0.4, 0.5) is 11.4 Å². The van der Waals surface area contributed by atoms with Crippen LogP contribution in [0.1, 0.15) is 47.7 Å². The quantitative estimate of drug-likeness (QED) is 0.303. The molecule has 0 fully saturated rings. The molecule has 0 aromatic heterocycles. The lowest BCUT2D eigenvalue weighted by Gasteiger charge is -2.30. The Bertz CT molecular complexity index is 1220. The highest BCUT2D eigenvalue weighted by molar-refractivity contribution is 6.30. The van der Waals surface area contributed by atoms with Gasteiger partial charge in [0.1, 0.15) is 5.75 Å². The first kappa shape index (κ1) is 24.5. The molecule has 1 heterocycles. The van der Waals surface area contributed by atoms with Crippen LogP contribution in [0.15, 0.2) is 66.7 Å². The highest BCUT2D eigenvalue weighted by Crippen LogP contribution is 2.32. The summed E-state index contributed by atoms with van der Waals surface area (Å²) in [5.41, 5.74) is 4.27. The van der Waals surface area contributed by atoms with E-state index in [0.717, 1.165) is 22.5 Å². The summed E-state index contributed by atoms with van der Waals surface area (Å²) in [6.07, 6.45) is 1.96. The third-order valence-electron chi connectivity index (χ3n) is 5.89. The Morgan fingerprint density at radius 1 is 1.00 bits per heavy atom. The van der Waals surface area contributed by atoms with Crippen molar-refractivity contribution < 1.29 is 19.1 Å². The van der Waals surface area contributed by atoms with E-state index in [0.29, 0.717) is 55.2 Å². The summed E-state index contributed by atoms with van der Waals surface area (Å²) in [5, 5.41) is 3.60. The number of Topliss-reactive ketones (excluding diaryl/α,β-unsaturated/α-hetero) is 1. The van der Waals surface area contributed by atoms with E-state index in [1.165, 1.54) is 6.92 Å². The number of aryl methyl sites for hydroxylation is 1. The molecule has 4 rings (SSSR count). The number of carbonyl (C=O) groups is 3. The number of rotatable bonds is 9. The fourth-order valence-electron chi connectivity index (χ4n) is 4.02. The number of ether oxygens (including phenoxy) is 1. The van der Waals surface area contributed by atoms with Gasteiger partial charge >= 0.3 is 0 Å². The molecule has 6 nitrogen and oxygen atoms in total. The average molecular weight is 491 g/mol. The Hall–Kier alpha value is -3.64. The van der Waals surface area contributed by atoms with E-state index < -0.39 is 0 Å². The van der Waals surface area contributed by atoms with Gasteiger partial charge in [-0.1, -0.05) is 23.7 Å². The molecule has 0 saturated carbocycles. The maximum absolute atomic E-state index is 12.6. The van der Waals surface area contributed by atoms with Crippen molar-refractivity contribution in [2.75, 3.05) is 16.8 Å². The fraction of sp³-hybridized carbons (Fsp3) is 0.250. The maximum atomic E-state index is 12.6. The average Bonchev–Trinajstić information content (AvgIpc) is 2.85. The zero-order chi connectivity index (χ0) is 24.8. The van der Waals surface area contributed by atoms with Crippen LogP contribution in [-0.4, -0.2) is 24.2 Å². The van der Waals surface area contributed by atoms with Crippen molar-refractivity contribution >= 4 is 40.6 Å². The second-order valence-corrected chi connectivity index (χ2v) is 8.97. The smallest absolute Gasteiger partial charge is 0.227 e. The molecular weight excluding hydrogens is 464 g/mol. The molecule has 1 aliphatic rings. The van der Waals surface area contributed by atoms with Gasteiger partial charge in [-0.2, -0.15) is 0 Å². The number of nitrogens with zero attached hydrogens (tertiary/aromatic N) is 1. The van der Waals surface area contributed by atoms with E-state index >= 15 is 0 Å². The van der Waals surface area contributed by atoms with Crippen molar-refractivity contribution in [3.05, 3.63) is 88.4 Å². The predicted molar refractivity (Wildman–Crippen MR) is 137 cm³/mol. The van der Waals surface area contributed by atoms with Crippen LogP contribution in [0.25, 0.3) is 0 Å². The number of nitrogens with one attached hydrogen (secondary N) is 1. The van der Waals surface area contributed by atoms with Gasteiger partial charge in [0.05, 0.1) is 13.2 Å². The molecule has 7 heteroatoms. The van der Waals surface area contributed by atoms with Gasteiger partial charge in [0.15, 0.2) is 5.78 Å². The van der Waals surface area contributed by atoms with Crippen molar-refractivity contribution in [3.8, 4) is 5.75 Å². The van der Waals surface area contributed by atoms with E-state index in [4.69, 9.17) is 16.3 Å². The van der Waals surface area contributed by atoms with Crippen LogP contribution in [0.3, 0.4) is 0 Å². The molecule has 0 atom stereocenters. The minimum absolute atomic E-state index is 0.0104.